The van der Waals surface area contributed by atoms with Gasteiger partial charge in [-0.1, -0.05) is 13.3 Å². The predicted octanol–water partition coefficient (Wildman–Crippen LogP) is 6.21. The van der Waals surface area contributed by atoms with Crippen LogP contribution in [0.25, 0.3) is 21.5 Å². The largest absolute Gasteiger partial charge is 0.496 e. The maximum absolute atomic E-state index is 14.6. The highest BCUT2D eigenvalue weighted by atomic mass is 32.1. The number of hydrogen-bond donors (Lipinski definition) is 2. The first kappa shape index (κ1) is 24.5. The van der Waals surface area contributed by atoms with Crippen molar-refractivity contribution in [2.75, 3.05) is 25.6 Å². The fraction of sp³-hybridized carbons (Fsp3) is 0.308. The third-order valence-corrected chi connectivity index (χ3v) is 6.85. The zero-order chi connectivity index (χ0) is 24.9. The number of halogens is 1. The van der Waals surface area contributed by atoms with E-state index in [1.54, 1.807) is 25.4 Å². The van der Waals surface area contributed by atoms with Gasteiger partial charge >= 0.3 is 5.97 Å². The number of nitrogens with zero attached hydrogens (tertiary/aromatic N) is 2. The molecular formula is C26H28FN3O4S. The van der Waals surface area contributed by atoms with E-state index in [2.05, 4.69) is 17.2 Å². The van der Waals surface area contributed by atoms with Crippen molar-refractivity contribution < 1.29 is 23.8 Å². The van der Waals surface area contributed by atoms with Crippen LogP contribution in [0.5, 0.6) is 11.5 Å². The molecule has 0 bridgehead atoms. The van der Waals surface area contributed by atoms with Crippen molar-refractivity contribution in [3.63, 3.8) is 0 Å². The predicted molar refractivity (Wildman–Crippen MR) is 137 cm³/mol. The van der Waals surface area contributed by atoms with Crippen LogP contribution in [0.4, 0.5) is 10.1 Å². The van der Waals surface area contributed by atoms with Crippen LogP contribution in [-0.4, -0.2) is 40.9 Å². The molecule has 0 saturated heterocycles. The van der Waals surface area contributed by atoms with Crippen LogP contribution in [0.15, 0.2) is 42.6 Å². The Hall–Kier alpha value is -3.59. The Balaban J connectivity index is 1.50. The molecule has 35 heavy (non-hydrogen) atoms. The molecule has 0 aliphatic rings. The average Bonchev–Trinajstić information content (AvgIpc) is 3.42. The van der Waals surface area contributed by atoms with Crippen molar-refractivity contribution in [1.29, 1.82) is 0 Å². The number of nitrogens with one attached hydrogen (secondary N) is 1. The lowest BCUT2D eigenvalue weighted by Gasteiger charge is -2.12. The number of anilines is 1. The normalized spacial score (nSPS) is 11.1. The van der Waals surface area contributed by atoms with Gasteiger partial charge in [0.1, 0.15) is 17.3 Å². The molecule has 0 amide bonds. The lowest BCUT2D eigenvalue weighted by Crippen LogP contribution is -2.12. The summed E-state index contributed by atoms with van der Waals surface area (Å²) >= 11 is 1.15. The van der Waals surface area contributed by atoms with Gasteiger partial charge in [-0.3, -0.25) is 4.98 Å². The van der Waals surface area contributed by atoms with E-state index in [0.717, 1.165) is 45.8 Å². The molecule has 1 aromatic carbocycles. The minimum absolute atomic E-state index is 0.170. The Morgan fingerprint density at radius 1 is 1.23 bits per heavy atom. The maximum Gasteiger partial charge on any atom is 0.349 e. The topological polar surface area (TPSA) is 85.6 Å². The van der Waals surface area contributed by atoms with E-state index in [0.29, 0.717) is 42.4 Å². The summed E-state index contributed by atoms with van der Waals surface area (Å²) in [5, 5.41) is 13.7. The molecule has 0 spiro atoms. The van der Waals surface area contributed by atoms with E-state index in [1.165, 1.54) is 6.07 Å². The van der Waals surface area contributed by atoms with Gasteiger partial charge in [0.15, 0.2) is 4.88 Å². The number of aryl methyl sites for hydroxylation is 1. The third kappa shape index (κ3) is 5.24. The Kier molecular flexibility index (Phi) is 7.55. The lowest BCUT2D eigenvalue weighted by atomic mass is 10.2. The molecule has 4 rings (SSSR count). The zero-order valence-corrected chi connectivity index (χ0v) is 20.7. The van der Waals surface area contributed by atoms with Gasteiger partial charge in [-0.25, -0.2) is 9.18 Å². The van der Waals surface area contributed by atoms with E-state index in [4.69, 9.17) is 9.47 Å². The number of carbonyl (C=O) groups is 1. The van der Waals surface area contributed by atoms with Crippen molar-refractivity contribution in [3.8, 4) is 22.1 Å². The van der Waals surface area contributed by atoms with Crippen LogP contribution in [0, 0.1) is 12.7 Å². The smallest absolute Gasteiger partial charge is 0.349 e. The summed E-state index contributed by atoms with van der Waals surface area (Å²) in [5.41, 5.74) is 2.96. The number of unbranched alkanes of at least 4 members (excludes halogenated alkanes) is 1. The first-order valence-corrected chi connectivity index (χ1v) is 12.3. The molecule has 184 valence electrons. The molecule has 0 aliphatic heterocycles. The fourth-order valence-electron chi connectivity index (χ4n) is 3.98. The van der Waals surface area contributed by atoms with Gasteiger partial charge in [0.2, 0.25) is 0 Å². The second-order valence-electron chi connectivity index (χ2n) is 8.12. The molecular weight excluding hydrogens is 469 g/mol. The van der Waals surface area contributed by atoms with Crippen LogP contribution >= 0.6 is 11.3 Å². The van der Waals surface area contributed by atoms with Crippen molar-refractivity contribution in [1.82, 2.24) is 9.55 Å². The number of fused-ring (bicyclic) bond motifs is 1. The van der Waals surface area contributed by atoms with Gasteiger partial charge in [-0.2, -0.15) is 0 Å². The van der Waals surface area contributed by atoms with Gasteiger partial charge in [0, 0.05) is 42.1 Å². The van der Waals surface area contributed by atoms with E-state index in [1.807, 2.05) is 29.7 Å². The fourth-order valence-corrected chi connectivity index (χ4v) is 4.88. The molecule has 2 N–H and O–H groups in total. The maximum atomic E-state index is 14.6. The molecule has 3 aromatic heterocycles. The van der Waals surface area contributed by atoms with Gasteiger partial charge in [-0.15, -0.1) is 11.3 Å². The highest BCUT2D eigenvalue weighted by Crippen LogP contribution is 2.36. The molecule has 0 radical (unpaired) electrons. The van der Waals surface area contributed by atoms with Gasteiger partial charge in [0.05, 0.1) is 29.8 Å². The van der Waals surface area contributed by atoms with Crippen molar-refractivity contribution in [2.45, 2.75) is 33.2 Å². The summed E-state index contributed by atoms with van der Waals surface area (Å²) in [6.07, 6.45) is 3.50. The number of aromatic carboxylic acids is 1. The monoisotopic (exact) mass is 497 g/mol. The summed E-state index contributed by atoms with van der Waals surface area (Å²) in [5.74, 6) is -0.285. The summed E-state index contributed by atoms with van der Waals surface area (Å²) < 4.78 is 27.6. The molecule has 4 aromatic rings. The zero-order valence-electron chi connectivity index (χ0n) is 19.9. The Morgan fingerprint density at radius 2 is 2.06 bits per heavy atom. The van der Waals surface area contributed by atoms with Crippen molar-refractivity contribution in [2.24, 2.45) is 0 Å². The molecule has 9 heteroatoms. The number of methoxy groups -OCH3 is 1. The number of aromatic nitrogens is 2. The number of rotatable bonds is 11. The van der Waals surface area contributed by atoms with Gasteiger partial charge < -0.3 is 24.5 Å². The number of hydrogen-bond acceptors (Lipinski definition) is 6. The number of ether oxygens (including phenoxy) is 2. The van der Waals surface area contributed by atoms with Crippen LogP contribution in [-0.2, 0) is 6.54 Å². The summed E-state index contributed by atoms with van der Waals surface area (Å²) in [7, 11) is 1.58. The molecule has 0 fully saturated rings. The number of carboxylic acids is 1. The second kappa shape index (κ2) is 10.8. The number of carboxylic acid groups (broad SMARTS) is 1. The molecule has 7 nitrogen and oxygen atoms in total. The van der Waals surface area contributed by atoms with Crippen LogP contribution < -0.4 is 14.8 Å². The summed E-state index contributed by atoms with van der Waals surface area (Å²) in [6.45, 7) is 5.58. The first-order chi connectivity index (χ1) is 16.9. The number of thiophene rings is 1. The second-order valence-corrected chi connectivity index (χ2v) is 9.17. The number of benzene rings is 1. The summed E-state index contributed by atoms with van der Waals surface area (Å²) in [6, 6.07) is 10.4. The lowest BCUT2D eigenvalue weighted by molar-refractivity contribution is 0.0698. The Morgan fingerprint density at radius 3 is 2.80 bits per heavy atom. The van der Waals surface area contributed by atoms with Crippen molar-refractivity contribution >= 4 is 33.9 Å². The van der Waals surface area contributed by atoms with Gasteiger partial charge in [0.25, 0.3) is 0 Å². The van der Waals surface area contributed by atoms with Crippen LogP contribution in [0.2, 0.25) is 0 Å². The molecule has 3 heterocycles. The van der Waals surface area contributed by atoms with E-state index >= 15 is 0 Å². The quantitative estimate of drug-likeness (QED) is 0.240. The minimum Gasteiger partial charge on any atom is -0.496 e. The first-order valence-electron chi connectivity index (χ1n) is 11.5. The van der Waals surface area contributed by atoms with Crippen LogP contribution in [0.3, 0.4) is 0 Å². The summed E-state index contributed by atoms with van der Waals surface area (Å²) in [4.78, 5) is 17.0. The standard InChI is InChI=1S/C26H28FN3O4S/c1-4-5-12-34-22-15-23(35-25(22)26(31)32)20-14-17(8-9-29-20)28-10-11-30-16(2)13-18-21(33-3)7-6-19(27)24(18)30/h6-9,13-15H,4-5,10-12H2,1-3H3,(H,28,29)(H,31,32). The highest BCUT2D eigenvalue weighted by molar-refractivity contribution is 7.17. The van der Waals surface area contributed by atoms with Crippen molar-refractivity contribution in [3.05, 3.63) is 59.0 Å². The molecule has 0 aliphatic carbocycles. The SMILES string of the molecule is CCCCOc1cc(-c2cc(NCCn3c(C)cc4c(OC)ccc(F)c43)ccn2)sc1C(=O)O. The average molecular weight is 498 g/mol. The van der Waals surface area contributed by atoms with E-state index < -0.39 is 5.97 Å². The Labute approximate surface area is 207 Å². The number of pyridine rings is 1. The van der Waals surface area contributed by atoms with Crippen LogP contribution in [0.1, 0.15) is 35.1 Å². The minimum atomic E-state index is -1.01. The highest BCUT2D eigenvalue weighted by Gasteiger charge is 2.19. The Bertz CT molecular complexity index is 1350. The molecule has 0 saturated carbocycles. The third-order valence-electron chi connectivity index (χ3n) is 5.72. The molecule has 0 atom stereocenters. The molecule has 0 unspecified atom stereocenters. The van der Waals surface area contributed by atoms with E-state index in [9.17, 15) is 14.3 Å². The van der Waals surface area contributed by atoms with E-state index in [-0.39, 0.29) is 10.7 Å². The van der Waals surface area contributed by atoms with Gasteiger partial charge in [-0.05, 0) is 43.7 Å².